The van der Waals surface area contributed by atoms with Crippen LogP contribution in [0.25, 0.3) is 21.3 Å². The highest BCUT2D eigenvalue weighted by Gasteiger charge is 2.29. The second-order valence-electron chi connectivity index (χ2n) is 7.41. The minimum absolute atomic E-state index is 0.509. The van der Waals surface area contributed by atoms with Crippen LogP contribution in [-0.2, 0) is 4.74 Å². The van der Waals surface area contributed by atoms with Crippen molar-refractivity contribution in [1.29, 1.82) is 0 Å². The molecule has 2 aliphatic rings. The Kier molecular flexibility index (Phi) is 4.91. The van der Waals surface area contributed by atoms with Crippen molar-refractivity contribution >= 4 is 49.8 Å². The van der Waals surface area contributed by atoms with Crippen LogP contribution in [0.15, 0.2) is 45.1 Å². The summed E-state index contributed by atoms with van der Waals surface area (Å²) >= 11 is 4.95. The SMILES string of the molecule is c1ccc(-c2csc3nc(C4CC4)nc(Sc4nnc(N5CCOCC5)s4)c23)cc1. The number of anilines is 1. The van der Waals surface area contributed by atoms with Crippen molar-refractivity contribution in [1.82, 2.24) is 20.2 Å². The van der Waals surface area contributed by atoms with E-state index in [-0.39, 0.29) is 0 Å². The number of aromatic nitrogens is 4. The maximum atomic E-state index is 5.45. The molecule has 4 heterocycles. The maximum Gasteiger partial charge on any atom is 0.209 e. The van der Waals surface area contributed by atoms with Gasteiger partial charge in [-0.25, -0.2) is 9.97 Å². The lowest BCUT2D eigenvalue weighted by Crippen LogP contribution is -2.36. The zero-order valence-electron chi connectivity index (χ0n) is 16.2. The molecule has 3 aromatic heterocycles. The summed E-state index contributed by atoms with van der Waals surface area (Å²) in [6.45, 7) is 3.22. The highest BCUT2D eigenvalue weighted by Crippen LogP contribution is 2.45. The van der Waals surface area contributed by atoms with Crippen LogP contribution in [-0.4, -0.2) is 46.5 Å². The van der Waals surface area contributed by atoms with Crippen LogP contribution < -0.4 is 4.90 Å². The van der Waals surface area contributed by atoms with E-state index in [0.717, 1.165) is 56.8 Å². The number of nitrogens with zero attached hydrogens (tertiary/aromatic N) is 5. The third-order valence-electron chi connectivity index (χ3n) is 5.31. The fraction of sp³-hybridized carbons (Fsp3) is 0.333. The first-order chi connectivity index (χ1) is 14.8. The van der Waals surface area contributed by atoms with Gasteiger partial charge in [-0.1, -0.05) is 41.7 Å². The normalized spacial score (nSPS) is 17.0. The van der Waals surface area contributed by atoms with Crippen LogP contribution in [0.1, 0.15) is 24.6 Å². The Labute approximate surface area is 186 Å². The van der Waals surface area contributed by atoms with Gasteiger partial charge in [0.05, 0.1) is 18.6 Å². The Hall–Kier alpha value is -2.07. The number of thiophene rings is 1. The van der Waals surface area contributed by atoms with Gasteiger partial charge >= 0.3 is 0 Å². The van der Waals surface area contributed by atoms with Gasteiger partial charge in [0.1, 0.15) is 15.7 Å². The molecule has 6 rings (SSSR count). The summed E-state index contributed by atoms with van der Waals surface area (Å²) in [5.41, 5.74) is 2.39. The summed E-state index contributed by atoms with van der Waals surface area (Å²) in [5.74, 6) is 1.48. The molecule has 0 atom stereocenters. The Morgan fingerprint density at radius 2 is 1.87 bits per heavy atom. The molecule has 1 saturated carbocycles. The van der Waals surface area contributed by atoms with E-state index in [1.54, 1.807) is 34.4 Å². The van der Waals surface area contributed by atoms with Gasteiger partial charge in [-0.05, 0) is 30.2 Å². The molecular formula is C21H19N5OS3. The maximum absolute atomic E-state index is 5.45. The lowest BCUT2D eigenvalue weighted by Gasteiger charge is -2.25. The predicted octanol–water partition coefficient (Wildman–Crippen LogP) is 5.08. The summed E-state index contributed by atoms with van der Waals surface area (Å²) < 4.78 is 6.37. The summed E-state index contributed by atoms with van der Waals surface area (Å²) in [6.07, 6.45) is 2.37. The van der Waals surface area contributed by atoms with Crippen molar-refractivity contribution in [3.05, 3.63) is 41.5 Å². The predicted molar refractivity (Wildman–Crippen MR) is 122 cm³/mol. The summed E-state index contributed by atoms with van der Waals surface area (Å²) in [4.78, 5) is 13.2. The van der Waals surface area contributed by atoms with Crippen molar-refractivity contribution in [2.75, 3.05) is 31.2 Å². The van der Waals surface area contributed by atoms with E-state index >= 15 is 0 Å². The van der Waals surface area contributed by atoms with Crippen LogP contribution in [0.3, 0.4) is 0 Å². The summed E-state index contributed by atoms with van der Waals surface area (Å²) in [7, 11) is 0. The van der Waals surface area contributed by atoms with Gasteiger partial charge in [0.25, 0.3) is 0 Å². The zero-order chi connectivity index (χ0) is 19.9. The summed E-state index contributed by atoms with van der Waals surface area (Å²) in [6, 6.07) is 10.5. The molecule has 1 aliphatic heterocycles. The zero-order valence-corrected chi connectivity index (χ0v) is 18.6. The second kappa shape index (κ2) is 7.88. The van der Waals surface area contributed by atoms with Gasteiger partial charge in [-0.2, -0.15) is 0 Å². The van der Waals surface area contributed by atoms with Crippen molar-refractivity contribution < 1.29 is 4.74 Å². The Morgan fingerprint density at radius 3 is 2.67 bits per heavy atom. The number of hydrogen-bond acceptors (Lipinski definition) is 9. The summed E-state index contributed by atoms with van der Waals surface area (Å²) in [5, 5.41) is 14.2. The van der Waals surface area contributed by atoms with E-state index in [0.29, 0.717) is 5.92 Å². The molecule has 4 aromatic rings. The molecule has 0 spiro atoms. The van der Waals surface area contributed by atoms with E-state index in [1.165, 1.54) is 24.0 Å². The molecule has 0 N–H and O–H groups in total. The molecule has 6 nitrogen and oxygen atoms in total. The minimum atomic E-state index is 0.509. The van der Waals surface area contributed by atoms with Crippen molar-refractivity contribution in [3.63, 3.8) is 0 Å². The molecule has 0 radical (unpaired) electrons. The minimum Gasteiger partial charge on any atom is -0.378 e. The molecular weight excluding hydrogens is 434 g/mol. The average Bonchev–Trinajstić information content (AvgIpc) is 3.39. The van der Waals surface area contributed by atoms with E-state index in [2.05, 4.69) is 44.7 Å². The number of hydrogen-bond donors (Lipinski definition) is 0. The van der Waals surface area contributed by atoms with Gasteiger partial charge in [0, 0.05) is 30.0 Å². The highest BCUT2D eigenvalue weighted by atomic mass is 32.2. The Balaban J connectivity index is 1.40. The largest absolute Gasteiger partial charge is 0.378 e. The number of benzene rings is 1. The molecule has 0 amide bonds. The molecule has 1 aromatic carbocycles. The van der Waals surface area contributed by atoms with E-state index in [1.807, 2.05) is 6.07 Å². The lowest BCUT2D eigenvalue weighted by molar-refractivity contribution is 0.122. The van der Waals surface area contributed by atoms with Gasteiger partial charge in [-0.15, -0.1) is 21.5 Å². The average molecular weight is 454 g/mol. The molecule has 152 valence electrons. The smallest absolute Gasteiger partial charge is 0.209 e. The van der Waals surface area contributed by atoms with Crippen LogP contribution in [0.5, 0.6) is 0 Å². The van der Waals surface area contributed by atoms with Gasteiger partial charge in [0.2, 0.25) is 5.13 Å². The number of rotatable bonds is 5. The molecule has 30 heavy (non-hydrogen) atoms. The monoisotopic (exact) mass is 453 g/mol. The third-order valence-corrected chi connectivity index (χ3v) is 8.20. The molecule has 9 heteroatoms. The quantitative estimate of drug-likeness (QED) is 0.391. The molecule has 0 unspecified atom stereocenters. The number of morpholine rings is 1. The van der Waals surface area contributed by atoms with E-state index in [9.17, 15) is 0 Å². The van der Waals surface area contributed by atoms with E-state index in [4.69, 9.17) is 14.7 Å². The molecule has 2 fully saturated rings. The van der Waals surface area contributed by atoms with Crippen molar-refractivity contribution in [2.24, 2.45) is 0 Å². The third kappa shape index (κ3) is 3.60. The van der Waals surface area contributed by atoms with Gasteiger partial charge < -0.3 is 9.64 Å². The molecule has 0 bridgehead atoms. The Bertz CT molecular complexity index is 1180. The number of fused-ring (bicyclic) bond motifs is 1. The van der Waals surface area contributed by atoms with E-state index < -0.39 is 0 Å². The van der Waals surface area contributed by atoms with Crippen LogP contribution in [0.2, 0.25) is 0 Å². The first-order valence-corrected chi connectivity index (χ1v) is 12.5. The molecule has 1 saturated heterocycles. The standard InChI is InChI=1S/C21H19N5OS3/c1-2-4-13(5-3-1)15-12-28-18-16(15)19(23-17(22-18)14-6-7-14)29-21-25-24-20(30-21)26-8-10-27-11-9-26/h1-5,12,14H,6-11H2. The van der Waals surface area contributed by atoms with Gasteiger partial charge in [-0.3, -0.25) is 0 Å². The molecule has 1 aliphatic carbocycles. The fourth-order valence-corrected chi connectivity index (χ4v) is 6.53. The first-order valence-electron chi connectivity index (χ1n) is 10.0. The topological polar surface area (TPSA) is 64.0 Å². The van der Waals surface area contributed by atoms with Crippen molar-refractivity contribution in [3.8, 4) is 11.1 Å². The van der Waals surface area contributed by atoms with Crippen LogP contribution >= 0.6 is 34.4 Å². The lowest BCUT2D eigenvalue weighted by atomic mass is 10.1. The van der Waals surface area contributed by atoms with Crippen LogP contribution in [0.4, 0.5) is 5.13 Å². The highest BCUT2D eigenvalue weighted by molar-refractivity contribution is 8.01. The van der Waals surface area contributed by atoms with Gasteiger partial charge in [0.15, 0.2) is 4.34 Å². The Morgan fingerprint density at radius 1 is 1.03 bits per heavy atom. The fourth-order valence-electron chi connectivity index (χ4n) is 3.56. The van der Waals surface area contributed by atoms with Crippen molar-refractivity contribution in [2.45, 2.75) is 28.1 Å². The first kappa shape index (κ1) is 18.7. The number of ether oxygens (including phenoxy) is 1. The van der Waals surface area contributed by atoms with Crippen LogP contribution in [0, 0.1) is 0 Å². The second-order valence-corrected chi connectivity index (χ2v) is 10.5.